The molecule has 0 saturated carbocycles. The summed E-state index contributed by atoms with van der Waals surface area (Å²) in [5.41, 5.74) is 2.11. The van der Waals surface area contributed by atoms with E-state index in [0.29, 0.717) is 22.2 Å². The van der Waals surface area contributed by atoms with Crippen LogP contribution in [-0.2, 0) is 0 Å². The average Bonchev–Trinajstić information content (AvgIpc) is 2.65. The molecule has 2 rings (SSSR count). The maximum Gasteiger partial charge on any atom is 0.189 e. The van der Waals surface area contributed by atoms with Gasteiger partial charge in [0, 0.05) is 18.7 Å². The largest absolute Gasteiger partial charge is 0.368 e. The second-order valence-corrected chi connectivity index (χ2v) is 5.99. The minimum Gasteiger partial charge on any atom is -0.368 e. The molecule has 0 radical (unpaired) electrons. The van der Waals surface area contributed by atoms with Gasteiger partial charge in [0.1, 0.15) is 17.5 Å². The number of aromatic nitrogens is 2. The van der Waals surface area contributed by atoms with Crippen molar-refractivity contribution in [2.24, 2.45) is 0 Å². The highest BCUT2D eigenvalue weighted by Crippen LogP contribution is 2.28. The van der Waals surface area contributed by atoms with Crippen LogP contribution in [-0.4, -0.2) is 47.3 Å². The molecule has 0 amide bonds. The highest BCUT2D eigenvalue weighted by molar-refractivity contribution is 7.98. The van der Waals surface area contributed by atoms with Crippen molar-refractivity contribution in [2.45, 2.75) is 19.0 Å². The molecule has 1 N–H and O–H groups in total. The normalized spacial score (nSPS) is 10.6. The van der Waals surface area contributed by atoms with E-state index in [0.717, 1.165) is 31.7 Å². The Morgan fingerprint density at radius 2 is 1.88 bits per heavy atom. The van der Waals surface area contributed by atoms with Crippen LogP contribution in [0.25, 0.3) is 11.3 Å². The molecule has 0 atom stereocenters. The number of benzene rings is 1. The van der Waals surface area contributed by atoms with E-state index in [2.05, 4.69) is 40.1 Å². The first-order valence-electron chi connectivity index (χ1n) is 8.11. The first-order chi connectivity index (χ1) is 11.7. The van der Waals surface area contributed by atoms with Gasteiger partial charge in [0.05, 0.1) is 5.69 Å². The van der Waals surface area contributed by atoms with E-state index in [-0.39, 0.29) is 0 Å². The molecule has 5 nitrogen and oxygen atoms in total. The summed E-state index contributed by atoms with van der Waals surface area (Å²) in [4.78, 5) is 11.4. The predicted octanol–water partition coefficient (Wildman–Crippen LogP) is 3.49. The molecule has 1 heterocycles. The Labute approximate surface area is 148 Å². The Bertz CT molecular complexity index is 693. The molecule has 126 valence electrons. The molecule has 2 aromatic rings. The van der Waals surface area contributed by atoms with Crippen LogP contribution in [0.2, 0.25) is 0 Å². The van der Waals surface area contributed by atoms with Crippen molar-refractivity contribution < 1.29 is 0 Å². The number of likely N-dealkylation sites (N-methyl/N-ethyl adjacent to an activating group) is 1. The molecular formula is C18H23N5S. The first-order valence-corrected chi connectivity index (χ1v) is 9.33. The number of nitriles is 1. The van der Waals surface area contributed by atoms with E-state index in [9.17, 15) is 5.26 Å². The fourth-order valence-corrected chi connectivity index (χ4v) is 2.81. The van der Waals surface area contributed by atoms with Gasteiger partial charge in [-0.05, 0) is 19.3 Å². The summed E-state index contributed by atoms with van der Waals surface area (Å²) in [5, 5.41) is 13.6. The third-order valence-electron chi connectivity index (χ3n) is 3.85. The summed E-state index contributed by atoms with van der Waals surface area (Å²) in [6.07, 6.45) is 1.94. The zero-order valence-corrected chi connectivity index (χ0v) is 15.2. The van der Waals surface area contributed by atoms with Crippen LogP contribution in [0.15, 0.2) is 35.5 Å². The molecule has 0 aliphatic rings. The summed E-state index contributed by atoms with van der Waals surface area (Å²) < 4.78 is 0. The quantitative estimate of drug-likeness (QED) is 0.586. The van der Waals surface area contributed by atoms with Gasteiger partial charge < -0.3 is 10.2 Å². The van der Waals surface area contributed by atoms with Gasteiger partial charge in [-0.25, -0.2) is 9.97 Å². The summed E-state index contributed by atoms with van der Waals surface area (Å²) >= 11 is 1.48. The maximum atomic E-state index is 9.64. The molecule has 0 saturated heterocycles. The van der Waals surface area contributed by atoms with E-state index in [1.54, 1.807) is 0 Å². The highest BCUT2D eigenvalue weighted by atomic mass is 32.2. The lowest BCUT2D eigenvalue weighted by atomic mass is 10.1. The fraction of sp³-hybridized carbons (Fsp3) is 0.389. The van der Waals surface area contributed by atoms with E-state index < -0.39 is 0 Å². The van der Waals surface area contributed by atoms with Crippen LogP contribution in [0.3, 0.4) is 0 Å². The Morgan fingerprint density at radius 3 is 2.46 bits per heavy atom. The number of nitrogens with one attached hydrogen (secondary N) is 1. The molecule has 1 aromatic heterocycles. The Balaban J connectivity index is 2.32. The van der Waals surface area contributed by atoms with Crippen molar-refractivity contribution in [3.63, 3.8) is 0 Å². The van der Waals surface area contributed by atoms with Crippen molar-refractivity contribution in [3.05, 3.63) is 35.9 Å². The van der Waals surface area contributed by atoms with Gasteiger partial charge in [-0.2, -0.15) is 5.26 Å². The van der Waals surface area contributed by atoms with Crippen molar-refractivity contribution in [1.29, 1.82) is 5.26 Å². The summed E-state index contributed by atoms with van der Waals surface area (Å²) in [7, 11) is 0. The molecule has 0 fully saturated rings. The van der Waals surface area contributed by atoms with Crippen LogP contribution in [0.4, 0.5) is 5.82 Å². The van der Waals surface area contributed by atoms with Gasteiger partial charge in [0.25, 0.3) is 0 Å². The SMILES string of the molecule is CCN(CC)CCNc1nc(SC)nc(-c2ccccc2)c1C#N. The molecule has 0 aliphatic carbocycles. The van der Waals surface area contributed by atoms with E-state index in [4.69, 9.17) is 0 Å². The number of nitrogens with zero attached hydrogens (tertiary/aromatic N) is 4. The Kier molecular flexibility index (Phi) is 7.04. The van der Waals surface area contributed by atoms with E-state index in [1.807, 2.05) is 36.6 Å². The van der Waals surface area contributed by atoms with Crippen LogP contribution < -0.4 is 5.32 Å². The molecule has 0 unspecified atom stereocenters. The van der Waals surface area contributed by atoms with Gasteiger partial charge in [0.2, 0.25) is 0 Å². The average molecular weight is 341 g/mol. The second kappa shape index (κ2) is 9.26. The molecule has 0 bridgehead atoms. The highest BCUT2D eigenvalue weighted by Gasteiger charge is 2.15. The van der Waals surface area contributed by atoms with Crippen LogP contribution >= 0.6 is 11.8 Å². The molecule has 24 heavy (non-hydrogen) atoms. The topological polar surface area (TPSA) is 64.8 Å². The van der Waals surface area contributed by atoms with E-state index >= 15 is 0 Å². The number of rotatable bonds is 8. The fourth-order valence-electron chi connectivity index (χ4n) is 2.44. The van der Waals surface area contributed by atoms with Gasteiger partial charge in [-0.15, -0.1) is 0 Å². The van der Waals surface area contributed by atoms with Gasteiger partial charge >= 0.3 is 0 Å². The lowest BCUT2D eigenvalue weighted by molar-refractivity contribution is 0.316. The summed E-state index contributed by atoms with van der Waals surface area (Å²) in [6, 6.07) is 12.1. The van der Waals surface area contributed by atoms with Crippen molar-refractivity contribution in [1.82, 2.24) is 14.9 Å². The molecule has 0 aliphatic heterocycles. The van der Waals surface area contributed by atoms with E-state index in [1.165, 1.54) is 11.8 Å². The van der Waals surface area contributed by atoms with Gasteiger partial charge in [-0.1, -0.05) is 55.9 Å². The zero-order valence-electron chi connectivity index (χ0n) is 14.4. The zero-order chi connectivity index (χ0) is 17.4. The third kappa shape index (κ3) is 4.47. The van der Waals surface area contributed by atoms with Crippen LogP contribution in [0.5, 0.6) is 0 Å². The minimum absolute atomic E-state index is 0.499. The van der Waals surface area contributed by atoms with Gasteiger partial charge in [-0.3, -0.25) is 0 Å². The molecule has 6 heteroatoms. The lowest BCUT2D eigenvalue weighted by Gasteiger charge is -2.19. The van der Waals surface area contributed by atoms with Crippen LogP contribution in [0.1, 0.15) is 19.4 Å². The number of hydrogen-bond donors (Lipinski definition) is 1. The summed E-state index contributed by atoms with van der Waals surface area (Å²) in [6.45, 7) is 7.98. The third-order valence-corrected chi connectivity index (χ3v) is 4.39. The van der Waals surface area contributed by atoms with Crippen LogP contribution in [0, 0.1) is 11.3 Å². The summed E-state index contributed by atoms with van der Waals surface area (Å²) in [5.74, 6) is 0.614. The Hall–Kier alpha value is -2.10. The monoisotopic (exact) mass is 341 g/mol. The number of thioether (sulfide) groups is 1. The maximum absolute atomic E-state index is 9.64. The standard InChI is InChI=1S/C18H23N5S/c1-4-23(5-2)12-11-20-17-15(13-19)16(21-18(22-17)24-3)14-9-7-6-8-10-14/h6-10H,4-5,11-12H2,1-3H3,(H,20,21,22). The minimum atomic E-state index is 0.499. The smallest absolute Gasteiger partial charge is 0.189 e. The first kappa shape index (κ1) is 18.2. The Morgan fingerprint density at radius 1 is 1.17 bits per heavy atom. The van der Waals surface area contributed by atoms with Crippen molar-refractivity contribution in [3.8, 4) is 17.3 Å². The van der Waals surface area contributed by atoms with Crippen molar-refractivity contribution in [2.75, 3.05) is 37.8 Å². The predicted molar refractivity (Wildman–Crippen MR) is 100 cm³/mol. The lowest BCUT2D eigenvalue weighted by Crippen LogP contribution is -2.29. The van der Waals surface area contributed by atoms with Gasteiger partial charge in [0.15, 0.2) is 5.16 Å². The number of hydrogen-bond acceptors (Lipinski definition) is 6. The molecular weight excluding hydrogens is 318 g/mol. The molecule has 1 aromatic carbocycles. The number of anilines is 1. The second-order valence-electron chi connectivity index (χ2n) is 5.21. The van der Waals surface area contributed by atoms with Crippen molar-refractivity contribution >= 4 is 17.6 Å². The molecule has 0 spiro atoms.